The summed E-state index contributed by atoms with van der Waals surface area (Å²) in [5, 5.41) is 7.72. The molecule has 2 N–H and O–H groups in total. The monoisotopic (exact) mass is 450 g/mol. The zero-order valence-electron chi connectivity index (χ0n) is 19.6. The van der Waals surface area contributed by atoms with Crippen LogP contribution in [0, 0.1) is 0 Å². The van der Waals surface area contributed by atoms with E-state index in [2.05, 4.69) is 95.6 Å². The number of rotatable bonds is 7. The molecule has 0 radical (unpaired) electrons. The minimum Gasteiger partial charge on any atom is -0.497 e. The fourth-order valence-corrected chi connectivity index (χ4v) is 4.98. The molecule has 0 aromatic heterocycles. The van der Waals surface area contributed by atoms with Gasteiger partial charge in [-0.2, -0.15) is 0 Å². The van der Waals surface area contributed by atoms with Crippen molar-refractivity contribution in [2.45, 2.75) is 24.4 Å². The SMILES string of the molecule is COc1cccc(N[C@@H]2c3ccc(OC)cc3N[C@H](Cc3ccccc3)[C@H]2c2ccccc2)c1. The van der Waals surface area contributed by atoms with Crippen LogP contribution in [0.4, 0.5) is 11.4 Å². The van der Waals surface area contributed by atoms with Crippen LogP contribution >= 0.6 is 0 Å². The molecule has 4 aromatic rings. The first-order valence-electron chi connectivity index (χ1n) is 11.7. The summed E-state index contributed by atoms with van der Waals surface area (Å²) in [6.45, 7) is 0. The van der Waals surface area contributed by atoms with Crippen LogP contribution in [0.2, 0.25) is 0 Å². The van der Waals surface area contributed by atoms with E-state index < -0.39 is 0 Å². The van der Waals surface area contributed by atoms with Gasteiger partial charge in [0.1, 0.15) is 11.5 Å². The van der Waals surface area contributed by atoms with Crippen molar-refractivity contribution in [2.75, 3.05) is 24.9 Å². The molecular weight excluding hydrogens is 420 g/mol. The second kappa shape index (κ2) is 9.92. The Kier molecular flexibility index (Phi) is 6.39. The zero-order valence-corrected chi connectivity index (χ0v) is 19.6. The van der Waals surface area contributed by atoms with E-state index >= 15 is 0 Å². The average molecular weight is 451 g/mol. The van der Waals surface area contributed by atoms with Crippen molar-refractivity contribution in [1.82, 2.24) is 0 Å². The Morgan fingerprint density at radius 3 is 2.18 bits per heavy atom. The summed E-state index contributed by atoms with van der Waals surface area (Å²) >= 11 is 0. The number of ether oxygens (including phenoxy) is 2. The number of nitrogens with one attached hydrogen (secondary N) is 2. The minimum atomic E-state index is 0.0605. The van der Waals surface area contributed by atoms with Gasteiger partial charge in [-0.1, -0.05) is 72.8 Å². The van der Waals surface area contributed by atoms with Gasteiger partial charge in [0.25, 0.3) is 0 Å². The van der Waals surface area contributed by atoms with Gasteiger partial charge in [-0.05, 0) is 41.3 Å². The molecule has 0 unspecified atom stereocenters. The van der Waals surface area contributed by atoms with Crippen molar-refractivity contribution in [3.05, 3.63) is 120 Å². The molecule has 0 aliphatic carbocycles. The Hall–Kier alpha value is -3.92. The predicted molar refractivity (Wildman–Crippen MR) is 139 cm³/mol. The van der Waals surface area contributed by atoms with Crippen LogP contribution in [0.3, 0.4) is 0 Å². The van der Waals surface area contributed by atoms with Gasteiger partial charge in [-0.25, -0.2) is 0 Å². The first-order chi connectivity index (χ1) is 16.7. The highest BCUT2D eigenvalue weighted by Crippen LogP contribution is 2.46. The average Bonchev–Trinajstić information content (AvgIpc) is 2.89. The molecule has 0 bridgehead atoms. The van der Waals surface area contributed by atoms with E-state index in [0.29, 0.717) is 0 Å². The smallest absolute Gasteiger partial charge is 0.120 e. The molecule has 0 amide bonds. The van der Waals surface area contributed by atoms with Crippen molar-refractivity contribution >= 4 is 11.4 Å². The highest BCUT2D eigenvalue weighted by atomic mass is 16.5. The standard InChI is InChI=1S/C30H30N2O2/c1-33-24-15-9-14-23(19-24)31-30-26-17-16-25(34-2)20-27(26)32-28(18-21-10-5-3-6-11-21)29(30)22-12-7-4-8-13-22/h3-17,19-20,28-32H,18H2,1-2H3/t28-,29-,30-/m1/s1. The van der Waals surface area contributed by atoms with E-state index in [9.17, 15) is 0 Å². The molecule has 4 heteroatoms. The lowest BCUT2D eigenvalue weighted by Gasteiger charge is -2.42. The third-order valence-electron chi connectivity index (χ3n) is 6.60. The summed E-state index contributed by atoms with van der Waals surface area (Å²) < 4.78 is 11.0. The highest BCUT2D eigenvalue weighted by molar-refractivity contribution is 5.64. The van der Waals surface area contributed by atoms with Crippen LogP contribution in [0.25, 0.3) is 0 Å². The van der Waals surface area contributed by atoms with Gasteiger partial charge < -0.3 is 20.1 Å². The van der Waals surface area contributed by atoms with Crippen molar-refractivity contribution in [1.29, 1.82) is 0 Å². The van der Waals surface area contributed by atoms with Crippen molar-refractivity contribution in [2.24, 2.45) is 0 Å². The van der Waals surface area contributed by atoms with Gasteiger partial charge in [0, 0.05) is 35.5 Å². The Balaban J connectivity index is 1.62. The lowest BCUT2D eigenvalue weighted by Crippen LogP contribution is -2.40. The second-order valence-corrected chi connectivity index (χ2v) is 8.68. The van der Waals surface area contributed by atoms with Crippen LogP contribution in [0.1, 0.15) is 28.7 Å². The summed E-state index contributed by atoms with van der Waals surface area (Å²) in [5.74, 6) is 1.89. The number of benzene rings is 4. The van der Waals surface area contributed by atoms with Crippen LogP contribution in [-0.2, 0) is 6.42 Å². The maximum Gasteiger partial charge on any atom is 0.120 e. The number of methoxy groups -OCH3 is 2. The Labute approximate surface area is 201 Å². The first kappa shape index (κ1) is 21.9. The van der Waals surface area contributed by atoms with E-state index in [1.807, 2.05) is 18.2 Å². The molecule has 172 valence electrons. The Bertz CT molecular complexity index is 1230. The van der Waals surface area contributed by atoms with Gasteiger partial charge in [-0.3, -0.25) is 0 Å². The summed E-state index contributed by atoms with van der Waals surface area (Å²) in [4.78, 5) is 0. The third-order valence-corrected chi connectivity index (χ3v) is 6.60. The summed E-state index contributed by atoms with van der Waals surface area (Å²) in [7, 11) is 3.42. The summed E-state index contributed by atoms with van der Waals surface area (Å²) in [6.07, 6.45) is 0.910. The van der Waals surface area contributed by atoms with E-state index in [1.165, 1.54) is 16.7 Å². The summed E-state index contributed by atoms with van der Waals surface area (Å²) in [5.41, 5.74) is 5.98. The third kappa shape index (κ3) is 4.58. The molecule has 5 rings (SSSR count). The van der Waals surface area contributed by atoms with Gasteiger partial charge >= 0.3 is 0 Å². The van der Waals surface area contributed by atoms with E-state index in [0.717, 1.165) is 29.3 Å². The van der Waals surface area contributed by atoms with Gasteiger partial charge in [-0.15, -0.1) is 0 Å². The van der Waals surface area contributed by atoms with E-state index in [1.54, 1.807) is 14.2 Å². The zero-order chi connectivity index (χ0) is 23.3. The van der Waals surface area contributed by atoms with Crippen LogP contribution in [-0.4, -0.2) is 20.3 Å². The van der Waals surface area contributed by atoms with Crippen molar-refractivity contribution in [3.8, 4) is 11.5 Å². The van der Waals surface area contributed by atoms with Gasteiger partial charge in [0.2, 0.25) is 0 Å². The molecule has 0 spiro atoms. The lowest BCUT2D eigenvalue weighted by molar-refractivity contribution is 0.413. The number of anilines is 2. The van der Waals surface area contributed by atoms with Crippen LogP contribution < -0.4 is 20.1 Å². The van der Waals surface area contributed by atoms with Crippen molar-refractivity contribution in [3.63, 3.8) is 0 Å². The maximum atomic E-state index is 5.55. The molecule has 4 aromatic carbocycles. The van der Waals surface area contributed by atoms with E-state index in [4.69, 9.17) is 9.47 Å². The van der Waals surface area contributed by atoms with E-state index in [-0.39, 0.29) is 18.0 Å². The van der Waals surface area contributed by atoms with Gasteiger partial charge in [0.15, 0.2) is 0 Å². The van der Waals surface area contributed by atoms with Gasteiger partial charge in [0.05, 0.1) is 20.3 Å². The minimum absolute atomic E-state index is 0.0605. The second-order valence-electron chi connectivity index (χ2n) is 8.68. The molecule has 1 aliphatic rings. The van der Waals surface area contributed by atoms with Crippen molar-refractivity contribution < 1.29 is 9.47 Å². The molecule has 1 heterocycles. The van der Waals surface area contributed by atoms with Crippen LogP contribution in [0.15, 0.2) is 103 Å². The first-order valence-corrected chi connectivity index (χ1v) is 11.7. The van der Waals surface area contributed by atoms with Crippen LogP contribution in [0.5, 0.6) is 11.5 Å². The fraction of sp³-hybridized carbons (Fsp3) is 0.200. The molecule has 4 nitrogen and oxygen atoms in total. The fourth-order valence-electron chi connectivity index (χ4n) is 4.98. The molecular formula is C30H30N2O2. The summed E-state index contributed by atoms with van der Waals surface area (Å²) in [6, 6.07) is 36.2. The molecule has 34 heavy (non-hydrogen) atoms. The largest absolute Gasteiger partial charge is 0.497 e. The quantitative estimate of drug-likeness (QED) is 0.330. The number of fused-ring (bicyclic) bond motifs is 1. The normalized spacial score (nSPS) is 18.9. The molecule has 0 saturated carbocycles. The maximum absolute atomic E-state index is 5.55. The molecule has 0 saturated heterocycles. The molecule has 1 aliphatic heterocycles. The lowest BCUT2D eigenvalue weighted by atomic mass is 9.76. The number of hydrogen-bond donors (Lipinski definition) is 2. The molecule has 0 fully saturated rings. The Morgan fingerprint density at radius 2 is 1.44 bits per heavy atom. The number of hydrogen-bond acceptors (Lipinski definition) is 4. The Morgan fingerprint density at radius 1 is 0.735 bits per heavy atom. The molecule has 3 atom stereocenters. The highest BCUT2D eigenvalue weighted by Gasteiger charge is 2.38. The predicted octanol–water partition coefficient (Wildman–Crippen LogP) is 6.68. The topological polar surface area (TPSA) is 42.5 Å².